The number of fused-ring (bicyclic) bond motifs is 3. The number of para-hydroxylation sites is 2. The van der Waals surface area contributed by atoms with E-state index in [0.717, 1.165) is 5.92 Å². The van der Waals surface area contributed by atoms with Gasteiger partial charge in [-0.1, -0.05) is 31.4 Å². The minimum Gasteiger partial charge on any atom is -0.362 e. The first-order chi connectivity index (χ1) is 9.43. The molecule has 0 spiro atoms. The van der Waals surface area contributed by atoms with E-state index in [1.807, 2.05) is 0 Å². The van der Waals surface area contributed by atoms with Crippen molar-refractivity contribution in [2.24, 2.45) is 10.9 Å². The van der Waals surface area contributed by atoms with Gasteiger partial charge in [-0.05, 0) is 43.7 Å². The van der Waals surface area contributed by atoms with Gasteiger partial charge in [-0.25, -0.2) is 0 Å². The van der Waals surface area contributed by atoms with Crippen LogP contribution in [0.1, 0.15) is 44.9 Å². The standard InChI is InChI=1S/C17H22N2/c1-2-7-13(8-3-1)17-16-11-6-12-19(16)15-10-5-4-9-14(15)18-17/h4-5,9-10,13,16H,1-3,6-8,11-12H2. The normalized spacial score (nSPS) is 26.8. The third-order valence-corrected chi connectivity index (χ3v) is 5.06. The van der Waals surface area contributed by atoms with E-state index in [9.17, 15) is 0 Å². The van der Waals surface area contributed by atoms with Gasteiger partial charge < -0.3 is 4.90 Å². The Balaban J connectivity index is 1.75. The molecular formula is C17H22N2. The lowest BCUT2D eigenvalue weighted by Crippen LogP contribution is -2.42. The van der Waals surface area contributed by atoms with Gasteiger partial charge in [-0.3, -0.25) is 4.99 Å². The van der Waals surface area contributed by atoms with Crippen LogP contribution in [0.5, 0.6) is 0 Å². The van der Waals surface area contributed by atoms with Crippen LogP contribution in [0, 0.1) is 5.92 Å². The van der Waals surface area contributed by atoms with E-state index in [2.05, 4.69) is 29.2 Å². The van der Waals surface area contributed by atoms with Gasteiger partial charge >= 0.3 is 0 Å². The Labute approximate surface area is 115 Å². The van der Waals surface area contributed by atoms with Crippen LogP contribution in [-0.4, -0.2) is 18.3 Å². The van der Waals surface area contributed by atoms with Crippen LogP contribution >= 0.6 is 0 Å². The first-order valence-electron chi connectivity index (χ1n) is 7.87. The molecule has 0 bridgehead atoms. The van der Waals surface area contributed by atoms with Crippen LogP contribution in [0.15, 0.2) is 29.3 Å². The van der Waals surface area contributed by atoms with E-state index in [4.69, 9.17) is 4.99 Å². The molecule has 1 saturated carbocycles. The first-order valence-corrected chi connectivity index (χ1v) is 7.87. The minimum absolute atomic E-state index is 0.609. The summed E-state index contributed by atoms with van der Waals surface area (Å²) < 4.78 is 0. The number of hydrogen-bond acceptors (Lipinski definition) is 2. The summed E-state index contributed by atoms with van der Waals surface area (Å²) in [4.78, 5) is 7.70. The summed E-state index contributed by atoms with van der Waals surface area (Å²) >= 11 is 0. The highest BCUT2D eigenvalue weighted by Gasteiger charge is 2.37. The molecule has 3 aliphatic rings. The molecule has 2 aliphatic heterocycles. The van der Waals surface area contributed by atoms with E-state index in [1.165, 1.54) is 68.6 Å². The fraction of sp³-hybridized carbons (Fsp3) is 0.588. The summed E-state index contributed by atoms with van der Waals surface area (Å²) in [5.74, 6) is 0.757. The van der Waals surface area contributed by atoms with Crippen molar-refractivity contribution in [3.05, 3.63) is 24.3 Å². The molecule has 1 saturated heterocycles. The molecule has 1 unspecified atom stereocenters. The molecule has 1 aromatic carbocycles. The van der Waals surface area contributed by atoms with Crippen LogP contribution in [0.2, 0.25) is 0 Å². The number of benzene rings is 1. The van der Waals surface area contributed by atoms with Gasteiger partial charge in [0, 0.05) is 12.3 Å². The fourth-order valence-electron chi connectivity index (χ4n) is 4.14. The summed E-state index contributed by atoms with van der Waals surface area (Å²) in [6.45, 7) is 1.22. The van der Waals surface area contributed by atoms with Gasteiger partial charge in [0.25, 0.3) is 0 Å². The number of hydrogen-bond donors (Lipinski definition) is 0. The lowest BCUT2D eigenvalue weighted by Gasteiger charge is -2.37. The zero-order chi connectivity index (χ0) is 12.7. The van der Waals surface area contributed by atoms with Gasteiger partial charge in [0.2, 0.25) is 0 Å². The van der Waals surface area contributed by atoms with Crippen molar-refractivity contribution >= 4 is 17.1 Å². The van der Waals surface area contributed by atoms with Crippen molar-refractivity contribution in [2.75, 3.05) is 11.4 Å². The van der Waals surface area contributed by atoms with Gasteiger partial charge in [0.05, 0.1) is 17.4 Å². The van der Waals surface area contributed by atoms with E-state index in [0.29, 0.717) is 6.04 Å². The van der Waals surface area contributed by atoms with Crippen LogP contribution in [-0.2, 0) is 0 Å². The van der Waals surface area contributed by atoms with Gasteiger partial charge in [0.15, 0.2) is 0 Å². The molecule has 0 N–H and O–H groups in total. The molecule has 1 atom stereocenters. The highest BCUT2D eigenvalue weighted by molar-refractivity contribution is 6.00. The molecule has 1 aromatic rings. The molecule has 2 heterocycles. The highest BCUT2D eigenvalue weighted by atomic mass is 15.2. The SMILES string of the molecule is c1ccc2c(c1)N=C(C1CCCCC1)C1CCCN21. The van der Waals surface area contributed by atoms with Gasteiger partial charge in [0.1, 0.15) is 0 Å². The zero-order valence-corrected chi connectivity index (χ0v) is 11.5. The Bertz CT molecular complexity index is 500. The smallest absolute Gasteiger partial charge is 0.0863 e. The van der Waals surface area contributed by atoms with E-state index in [-0.39, 0.29) is 0 Å². The van der Waals surface area contributed by atoms with Gasteiger partial charge in [-0.2, -0.15) is 0 Å². The average molecular weight is 254 g/mol. The fourth-order valence-corrected chi connectivity index (χ4v) is 4.14. The third kappa shape index (κ3) is 1.89. The first kappa shape index (κ1) is 11.5. The average Bonchev–Trinajstić information content (AvgIpc) is 2.97. The highest BCUT2D eigenvalue weighted by Crippen LogP contribution is 2.41. The maximum absolute atomic E-state index is 5.09. The molecular weight excluding hydrogens is 232 g/mol. The van der Waals surface area contributed by atoms with Crippen molar-refractivity contribution < 1.29 is 0 Å². The quantitative estimate of drug-likeness (QED) is 0.728. The van der Waals surface area contributed by atoms with E-state index >= 15 is 0 Å². The number of anilines is 1. The van der Waals surface area contributed by atoms with Crippen LogP contribution in [0.4, 0.5) is 11.4 Å². The topological polar surface area (TPSA) is 15.6 Å². The maximum Gasteiger partial charge on any atom is 0.0863 e. The molecule has 0 aromatic heterocycles. The number of aliphatic imine (C=N–C) groups is 1. The summed E-state index contributed by atoms with van der Waals surface area (Å²) in [7, 11) is 0. The third-order valence-electron chi connectivity index (χ3n) is 5.06. The lowest BCUT2D eigenvalue weighted by molar-refractivity contribution is 0.431. The van der Waals surface area contributed by atoms with Crippen molar-refractivity contribution in [1.82, 2.24) is 0 Å². The van der Waals surface area contributed by atoms with Crippen LogP contribution in [0.25, 0.3) is 0 Å². The van der Waals surface area contributed by atoms with E-state index < -0.39 is 0 Å². The molecule has 2 heteroatoms. The largest absolute Gasteiger partial charge is 0.362 e. The Morgan fingerprint density at radius 1 is 0.947 bits per heavy atom. The van der Waals surface area contributed by atoms with Crippen molar-refractivity contribution in [3.8, 4) is 0 Å². The maximum atomic E-state index is 5.09. The molecule has 2 fully saturated rings. The molecule has 19 heavy (non-hydrogen) atoms. The van der Waals surface area contributed by atoms with Crippen molar-refractivity contribution in [3.63, 3.8) is 0 Å². The minimum atomic E-state index is 0.609. The summed E-state index contributed by atoms with van der Waals surface area (Å²) in [5, 5.41) is 0. The summed E-state index contributed by atoms with van der Waals surface area (Å²) in [6, 6.07) is 9.31. The summed E-state index contributed by atoms with van der Waals surface area (Å²) in [6.07, 6.45) is 9.59. The molecule has 0 radical (unpaired) electrons. The predicted molar refractivity (Wildman–Crippen MR) is 80.5 cm³/mol. The molecule has 2 nitrogen and oxygen atoms in total. The van der Waals surface area contributed by atoms with Gasteiger partial charge in [-0.15, -0.1) is 0 Å². The molecule has 0 amide bonds. The second-order valence-electron chi connectivity index (χ2n) is 6.21. The lowest BCUT2D eigenvalue weighted by atomic mass is 9.82. The van der Waals surface area contributed by atoms with Crippen LogP contribution in [0.3, 0.4) is 0 Å². The number of nitrogens with zero attached hydrogens (tertiary/aromatic N) is 2. The number of rotatable bonds is 1. The molecule has 100 valence electrons. The van der Waals surface area contributed by atoms with Crippen LogP contribution < -0.4 is 4.90 Å². The Morgan fingerprint density at radius 2 is 1.79 bits per heavy atom. The van der Waals surface area contributed by atoms with Crippen molar-refractivity contribution in [2.45, 2.75) is 51.0 Å². The molecule has 4 rings (SSSR count). The van der Waals surface area contributed by atoms with E-state index in [1.54, 1.807) is 0 Å². The monoisotopic (exact) mass is 254 g/mol. The Kier molecular flexibility index (Phi) is 2.82. The Hall–Kier alpha value is -1.31. The second kappa shape index (κ2) is 4.66. The van der Waals surface area contributed by atoms with Crippen molar-refractivity contribution in [1.29, 1.82) is 0 Å². The zero-order valence-electron chi connectivity index (χ0n) is 11.5. The predicted octanol–water partition coefficient (Wildman–Crippen LogP) is 4.32. The summed E-state index contributed by atoms with van der Waals surface area (Å²) in [5.41, 5.74) is 4.08. The second-order valence-corrected chi connectivity index (χ2v) is 6.21. The Morgan fingerprint density at radius 3 is 2.68 bits per heavy atom. The molecule has 1 aliphatic carbocycles.